The molecule has 0 saturated carbocycles. The Morgan fingerprint density at radius 3 is 2.13 bits per heavy atom. The number of alkyl halides is 2. The van der Waals surface area contributed by atoms with Crippen molar-refractivity contribution in [2.24, 2.45) is 0 Å². The van der Waals surface area contributed by atoms with Crippen molar-refractivity contribution in [1.82, 2.24) is 4.57 Å². The number of halogens is 3. The second-order valence-electron chi connectivity index (χ2n) is 6.89. The molecule has 0 atom stereocenters. The lowest BCUT2D eigenvalue weighted by Gasteiger charge is -2.07. The van der Waals surface area contributed by atoms with Crippen molar-refractivity contribution < 1.29 is 28.5 Å². The van der Waals surface area contributed by atoms with Gasteiger partial charge < -0.3 is 14.8 Å². The van der Waals surface area contributed by atoms with Gasteiger partial charge >= 0.3 is 0 Å². The van der Waals surface area contributed by atoms with E-state index in [-0.39, 0.29) is 12.2 Å². The Bertz CT molecular complexity index is 1100. The van der Waals surface area contributed by atoms with Gasteiger partial charge in [-0.05, 0) is 46.5 Å². The van der Waals surface area contributed by atoms with Gasteiger partial charge in [0.1, 0.15) is 0 Å². The van der Waals surface area contributed by atoms with Crippen LogP contribution < -0.4 is 4.94 Å². The maximum absolute atomic E-state index is 12.3. The molecule has 0 spiro atoms. The van der Waals surface area contributed by atoms with Crippen molar-refractivity contribution in [3.8, 4) is 16.9 Å². The van der Waals surface area contributed by atoms with Gasteiger partial charge in [0.05, 0.1) is 0 Å². The van der Waals surface area contributed by atoms with Gasteiger partial charge in [-0.1, -0.05) is 48.5 Å². The van der Waals surface area contributed by atoms with Gasteiger partial charge in [0.15, 0.2) is 12.0 Å². The smallest absolute Gasteiger partial charge is 0.229 e. The molecular formula is C24H22F3NO3. The predicted octanol–water partition coefficient (Wildman–Crippen LogP) is 5.36. The number of aromatic nitrogens is 1. The fourth-order valence-corrected chi connectivity index (χ4v) is 3.52. The predicted molar refractivity (Wildman–Crippen MR) is 114 cm³/mol. The van der Waals surface area contributed by atoms with Crippen LogP contribution >= 0.6 is 0 Å². The van der Waals surface area contributed by atoms with Gasteiger partial charge in [0.25, 0.3) is 0 Å². The fraction of sp³-hybridized carbons (Fsp3) is 0.167. The molecule has 0 aliphatic heterocycles. The van der Waals surface area contributed by atoms with Crippen LogP contribution in [0.2, 0.25) is 0 Å². The van der Waals surface area contributed by atoms with Crippen molar-refractivity contribution in [2.45, 2.75) is 19.3 Å². The molecule has 0 radical (unpaired) electrons. The number of rotatable bonds is 6. The van der Waals surface area contributed by atoms with Crippen LogP contribution in [-0.4, -0.2) is 28.0 Å². The van der Waals surface area contributed by atoms with Gasteiger partial charge in [0.2, 0.25) is 6.93 Å². The van der Waals surface area contributed by atoms with Crippen LogP contribution in [0.4, 0.5) is 13.3 Å². The first-order valence-corrected chi connectivity index (χ1v) is 9.58. The summed E-state index contributed by atoms with van der Waals surface area (Å²) in [6.07, 6.45) is 0.706. The number of aliphatic hydroxyl groups excluding tert-OH is 1. The fourth-order valence-electron chi connectivity index (χ4n) is 3.52. The number of benzene rings is 3. The molecule has 7 heteroatoms. The van der Waals surface area contributed by atoms with E-state index in [1.807, 2.05) is 42.6 Å². The largest absolute Gasteiger partial charge is 0.368 e. The summed E-state index contributed by atoms with van der Waals surface area (Å²) in [5, 5.41) is 20.0. The SMILES string of the molecule is FCF.OC(O)Cc1cn(Cc2ccccc2)c2ccc(-c3ccc(OF)cc3)cc12. The lowest BCUT2D eigenvalue weighted by atomic mass is 10.0. The average Bonchev–Trinajstić information content (AvgIpc) is 3.11. The maximum Gasteiger partial charge on any atom is 0.229 e. The Morgan fingerprint density at radius 2 is 1.52 bits per heavy atom. The third-order valence-corrected chi connectivity index (χ3v) is 4.84. The topological polar surface area (TPSA) is 54.6 Å². The second-order valence-corrected chi connectivity index (χ2v) is 6.89. The van der Waals surface area contributed by atoms with Crippen molar-refractivity contribution in [3.63, 3.8) is 0 Å². The van der Waals surface area contributed by atoms with Crippen LogP contribution in [0.3, 0.4) is 0 Å². The van der Waals surface area contributed by atoms with Crippen LogP contribution in [0.5, 0.6) is 5.75 Å². The molecule has 31 heavy (non-hydrogen) atoms. The van der Waals surface area contributed by atoms with Gasteiger partial charge in [0, 0.05) is 34.6 Å². The Labute approximate surface area is 177 Å². The molecule has 0 bridgehead atoms. The number of hydrogen-bond acceptors (Lipinski definition) is 3. The molecule has 0 unspecified atom stereocenters. The maximum atomic E-state index is 12.3. The zero-order valence-corrected chi connectivity index (χ0v) is 16.6. The average molecular weight is 429 g/mol. The van der Waals surface area contributed by atoms with Crippen molar-refractivity contribution >= 4 is 10.9 Å². The molecule has 2 N–H and O–H groups in total. The summed E-state index contributed by atoms with van der Waals surface area (Å²) in [7, 11) is 0. The highest BCUT2D eigenvalue weighted by Crippen LogP contribution is 2.30. The van der Waals surface area contributed by atoms with E-state index < -0.39 is 13.2 Å². The van der Waals surface area contributed by atoms with Gasteiger partial charge in [-0.25, -0.2) is 8.78 Å². The standard InChI is InChI=1S/C23H20FNO3.CH2F2/c24-28-20-9-6-17(7-10-20)18-8-11-22-21(12-18)19(13-23(26)27)15-25(22)14-16-4-2-1-3-5-16;2-1-3/h1-12,15,23,26-27H,13-14H2;1H2. The van der Waals surface area contributed by atoms with Gasteiger partial charge in [-0.15, -0.1) is 0 Å². The Kier molecular flexibility index (Phi) is 7.70. The van der Waals surface area contributed by atoms with Crippen LogP contribution in [0.15, 0.2) is 79.0 Å². The molecule has 1 heterocycles. The Hall–Kier alpha value is -3.29. The van der Waals surface area contributed by atoms with Crippen molar-refractivity contribution in [1.29, 1.82) is 0 Å². The summed E-state index contributed by atoms with van der Waals surface area (Å²) in [6.45, 7) is -1.05. The van der Waals surface area contributed by atoms with E-state index in [9.17, 15) is 23.5 Å². The second kappa shape index (κ2) is 10.7. The van der Waals surface area contributed by atoms with Crippen LogP contribution in [0.25, 0.3) is 22.0 Å². The van der Waals surface area contributed by atoms with Crippen molar-refractivity contribution in [3.05, 3.63) is 90.1 Å². The summed E-state index contributed by atoms with van der Waals surface area (Å²) >= 11 is 0. The number of fused-ring (bicyclic) bond motifs is 1. The van der Waals surface area contributed by atoms with E-state index in [2.05, 4.69) is 21.6 Å². The molecule has 4 rings (SSSR count). The molecule has 4 aromatic rings. The third-order valence-electron chi connectivity index (χ3n) is 4.84. The summed E-state index contributed by atoms with van der Waals surface area (Å²) < 4.78 is 33.6. The first-order valence-electron chi connectivity index (χ1n) is 9.58. The number of aliphatic hydroxyl groups is 2. The molecule has 1 aromatic heterocycles. The first-order chi connectivity index (χ1) is 15.0. The Balaban J connectivity index is 0.000000858. The van der Waals surface area contributed by atoms with E-state index in [0.29, 0.717) is 6.54 Å². The van der Waals surface area contributed by atoms with Crippen LogP contribution in [0.1, 0.15) is 11.1 Å². The lowest BCUT2D eigenvalue weighted by Crippen LogP contribution is -2.07. The highest BCUT2D eigenvalue weighted by molar-refractivity contribution is 5.89. The Morgan fingerprint density at radius 1 is 0.871 bits per heavy atom. The monoisotopic (exact) mass is 429 g/mol. The molecule has 0 saturated heterocycles. The van der Waals surface area contributed by atoms with Gasteiger partial charge in [-0.2, -0.15) is 0 Å². The van der Waals surface area contributed by atoms with E-state index in [1.165, 1.54) is 5.56 Å². The molecule has 162 valence electrons. The summed E-state index contributed by atoms with van der Waals surface area (Å²) in [6, 6.07) is 22.9. The molecule has 0 aliphatic carbocycles. The summed E-state index contributed by atoms with van der Waals surface area (Å²) in [5.74, 6) is 0.155. The highest BCUT2D eigenvalue weighted by atomic mass is 19.3. The zero-order valence-electron chi connectivity index (χ0n) is 16.6. The summed E-state index contributed by atoms with van der Waals surface area (Å²) in [5.41, 5.74) is 4.94. The molecular weight excluding hydrogens is 407 g/mol. The number of hydrogen-bond donors (Lipinski definition) is 2. The van der Waals surface area contributed by atoms with Crippen LogP contribution in [0, 0.1) is 0 Å². The van der Waals surface area contributed by atoms with E-state index >= 15 is 0 Å². The minimum atomic E-state index is -1.75. The normalized spacial score (nSPS) is 10.8. The minimum Gasteiger partial charge on any atom is -0.368 e. The van der Waals surface area contributed by atoms with Crippen molar-refractivity contribution in [2.75, 3.05) is 6.93 Å². The molecule has 0 aliphatic rings. The molecule has 0 amide bonds. The minimum absolute atomic E-state index is 0.149. The highest BCUT2D eigenvalue weighted by Gasteiger charge is 2.13. The summed E-state index contributed by atoms with van der Waals surface area (Å²) in [4.78, 5) is 3.74. The van der Waals surface area contributed by atoms with Crippen LogP contribution in [-0.2, 0) is 13.0 Å². The van der Waals surface area contributed by atoms with E-state index in [1.54, 1.807) is 24.3 Å². The first kappa shape index (κ1) is 22.4. The lowest BCUT2D eigenvalue weighted by molar-refractivity contribution is -0.0379. The van der Waals surface area contributed by atoms with E-state index in [4.69, 9.17) is 0 Å². The molecule has 4 nitrogen and oxygen atoms in total. The van der Waals surface area contributed by atoms with E-state index in [0.717, 1.165) is 27.6 Å². The molecule has 0 fully saturated rings. The zero-order chi connectivity index (χ0) is 22.2. The van der Waals surface area contributed by atoms with Gasteiger partial charge in [-0.3, -0.25) is 4.94 Å². The third kappa shape index (κ3) is 5.65. The quantitative estimate of drug-likeness (QED) is 0.406. The molecule has 3 aromatic carbocycles. The number of nitrogens with zero attached hydrogens (tertiary/aromatic N) is 1.